The van der Waals surface area contributed by atoms with Crippen molar-refractivity contribution in [1.29, 1.82) is 0 Å². The van der Waals surface area contributed by atoms with Gasteiger partial charge in [-0.15, -0.1) is 0 Å². The van der Waals surface area contributed by atoms with Crippen molar-refractivity contribution in [3.8, 4) is 0 Å². The van der Waals surface area contributed by atoms with Crippen molar-refractivity contribution < 1.29 is 19.1 Å². The molecule has 2 N–H and O–H groups in total. The molecule has 25 heavy (non-hydrogen) atoms. The Morgan fingerprint density at radius 1 is 1.08 bits per heavy atom. The summed E-state index contributed by atoms with van der Waals surface area (Å²) in [6.45, 7) is 2.10. The van der Waals surface area contributed by atoms with E-state index in [1.54, 1.807) is 61.5 Å². The lowest BCUT2D eigenvalue weighted by Gasteiger charge is -2.17. The molecule has 3 amide bonds. The largest absolute Gasteiger partial charge is 0.444 e. The first-order valence-electron chi connectivity index (χ1n) is 7.61. The summed E-state index contributed by atoms with van der Waals surface area (Å²) >= 11 is 3.28. The molecule has 0 heterocycles. The van der Waals surface area contributed by atoms with E-state index in [4.69, 9.17) is 4.74 Å². The molecule has 0 radical (unpaired) electrons. The first-order valence-corrected chi connectivity index (χ1v) is 8.40. The Morgan fingerprint density at radius 2 is 1.80 bits per heavy atom. The van der Waals surface area contributed by atoms with Crippen LogP contribution in [0, 0.1) is 0 Å². The van der Waals surface area contributed by atoms with Crippen molar-refractivity contribution in [2.45, 2.75) is 13.0 Å². The second kappa shape index (κ2) is 8.98. The molecule has 0 saturated carbocycles. The van der Waals surface area contributed by atoms with Gasteiger partial charge in [-0.25, -0.2) is 9.59 Å². The molecule has 0 unspecified atom stereocenters. The van der Waals surface area contributed by atoms with E-state index in [1.807, 2.05) is 0 Å². The van der Waals surface area contributed by atoms with Gasteiger partial charge < -0.3 is 10.1 Å². The molecule has 0 aliphatic carbocycles. The zero-order valence-electron chi connectivity index (χ0n) is 13.5. The molecule has 2 aromatic rings. The van der Waals surface area contributed by atoms with E-state index in [1.165, 1.54) is 0 Å². The molecule has 1 atom stereocenters. The van der Waals surface area contributed by atoms with Crippen LogP contribution in [0.25, 0.3) is 0 Å². The van der Waals surface area contributed by atoms with E-state index in [-0.39, 0.29) is 0 Å². The van der Waals surface area contributed by atoms with Crippen molar-refractivity contribution >= 4 is 33.8 Å². The van der Waals surface area contributed by atoms with Crippen molar-refractivity contribution in [3.05, 3.63) is 70.2 Å². The number of hydrogen-bond donors (Lipinski definition) is 2. The molecule has 0 fully saturated rings. The molecule has 2 aromatic carbocycles. The van der Waals surface area contributed by atoms with Gasteiger partial charge in [0.05, 0.1) is 5.56 Å². The molecule has 0 saturated heterocycles. The van der Waals surface area contributed by atoms with Gasteiger partial charge in [0, 0.05) is 16.6 Å². The Balaban J connectivity index is 2.21. The lowest BCUT2D eigenvalue weighted by atomic mass is 10.1. The quantitative estimate of drug-likeness (QED) is 0.749. The molecular formula is C18H17BrN2O4. The number of benzene rings is 2. The fraction of sp³-hybridized carbons (Fsp3) is 0.167. The van der Waals surface area contributed by atoms with Crippen LogP contribution in [0.5, 0.6) is 0 Å². The van der Waals surface area contributed by atoms with Crippen LogP contribution in [0.4, 0.5) is 4.79 Å². The van der Waals surface area contributed by atoms with Crippen LogP contribution in [-0.2, 0) is 9.53 Å². The fourth-order valence-electron chi connectivity index (χ4n) is 2.07. The molecule has 7 heteroatoms. The third kappa shape index (κ3) is 5.42. The summed E-state index contributed by atoms with van der Waals surface area (Å²) in [6.07, 6.45) is -1.24. The predicted octanol–water partition coefficient (Wildman–Crippen LogP) is 3.19. The summed E-state index contributed by atoms with van der Waals surface area (Å²) in [6, 6.07) is 14.5. The third-order valence-corrected chi connectivity index (χ3v) is 3.69. The second-order valence-electron chi connectivity index (χ2n) is 5.06. The predicted molar refractivity (Wildman–Crippen MR) is 96.0 cm³/mol. The normalized spacial score (nSPS) is 11.3. The first kappa shape index (κ1) is 18.7. The third-order valence-electron chi connectivity index (χ3n) is 3.20. The zero-order chi connectivity index (χ0) is 18.2. The first-order chi connectivity index (χ1) is 12.0. The van der Waals surface area contributed by atoms with Crippen LogP contribution in [0.15, 0.2) is 59.1 Å². The van der Waals surface area contributed by atoms with E-state index in [2.05, 4.69) is 26.6 Å². The number of amides is 3. The number of carbonyl (C=O) groups is 3. The van der Waals surface area contributed by atoms with Gasteiger partial charge in [-0.1, -0.05) is 52.3 Å². The van der Waals surface area contributed by atoms with Crippen molar-refractivity contribution in [1.82, 2.24) is 10.6 Å². The summed E-state index contributed by atoms with van der Waals surface area (Å²) in [5.41, 5.74) is 0.758. The van der Waals surface area contributed by atoms with Gasteiger partial charge in [0.2, 0.25) is 6.10 Å². The maximum Gasteiger partial charge on any atom is 0.339 e. The minimum Gasteiger partial charge on any atom is -0.444 e. The highest BCUT2D eigenvalue weighted by Gasteiger charge is 2.27. The number of esters is 1. The summed E-state index contributed by atoms with van der Waals surface area (Å²) in [5.74, 6) is -1.39. The smallest absolute Gasteiger partial charge is 0.339 e. The molecule has 0 bridgehead atoms. The van der Waals surface area contributed by atoms with Crippen LogP contribution in [0.1, 0.15) is 28.9 Å². The lowest BCUT2D eigenvalue weighted by molar-refractivity contribution is -0.129. The van der Waals surface area contributed by atoms with E-state index < -0.39 is 24.0 Å². The summed E-state index contributed by atoms with van der Waals surface area (Å²) in [5, 5.41) is 4.63. The average Bonchev–Trinajstić information content (AvgIpc) is 2.60. The lowest BCUT2D eigenvalue weighted by Crippen LogP contribution is -2.42. The minimum absolute atomic E-state index is 0.293. The van der Waals surface area contributed by atoms with Crippen LogP contribution >= 0.6 is 15.9 Å². The van der Waals surface area contributed by atoms with Crippen LogP contribution in [0.2, 0.25) is 0 Å². The Labute approximate surface area is 153 Å². The Morgan fingerprint density at radius 3 is 2.44 bits per heavy atom. The maximum absolute atomic E-state index is 12.4. The van der Waals surface area contributed by atoms with Gasteiger partial charge >= 0.3 is 12.0 Å². The topological polar surface area (TPSA) is 84.5 Å². The number of imide groups is 1. The molecule has 0 aromatic heterocycles. The van der Waals surface area contributed by atoms with E-state index in [0.29, 0.717) is 22.1 Å². The van der Waals surface area contributed by atoms with Crippen molar-refractivity contribution in [2.75, 3.05) is 6.54 Å². The van der Waals surface area contributed by atoms with E-state index >= 15 is 0 Å². The number of hydrogen-bond acceptors (Lipinski definition) is 4. The Hall–Kier alpha value is -2.67. The highest BCUT2D eigenvalue weighted by molar-refractivity contribution is 9.10. The summed E-state index contributed by atoms with van der Waals surface area (Å²) < 4.78 is 6.08. The molecule has 6 nitrogen and oxygen atoms in total. The fourth-order valence-corrected chi connectivity index (χ4v) is 2.47. The second-order valence-corrected chi connectivity index (χ2v) is 5.97. The summed E-state index contributed by atoms with van der Waals surface area (Å²) in [7, 11) is 0. The number of ether oxygens (including phenoxy) is 1. The van der Waals surface area contributed by atoms with Gasteiger partial charge in [0.15, 0.2) is 0 Å². The van der Waals surface area contributed by atoms with E-state index in [0.717, 1.165) is 0 Å². The average molecular weight is 405 g/mol. The standard InChI is InChI=1S/C18H17BrN2O4/c1-2-20-18(24)21-16(22)15(12-7-4-3-5-8-12)25-17(23)13-9-6-10-14(19)11-13/h3-11,15H,2H2,1H3,(H2,20,21,22,24)/t15-/m1/s1. The van der Waals surface area contributed by atoms with Gasteiger partial charge in [-0.2, -0.15) is 0 Å². The number of carbonyl (C=O) groups excluding carboxylic acids is 3. The highest BCUT2D eigenvalue weighted by Crippen LogP contribution is 2.21. The number of rotatable bonds is 5. The highest BCUT2D eigenvalue weighted by atomic mass is 79.9. The molecule has 0 aliphatic heterocycles. The molecule has 0 aliphatic rings. The SMILES string of the molecule is CCNC(=O)NC(=O)[C@H](OC(=O)c1cccc(Br)c1)c1ccccc1. The van der Waals surface area contributed by atoms with Crippen LogP contribution in [-0.4, -0.2) is 24.5 Å². The summed E-state index contributed by atoms with van der Waals surface area (Å²) in [4.78, 5) is 36.4. The minimum atomic E-state index is -1.24. The Bertz CT molecular complexity index is 765. The molecular weight excluding hydrogens is 388 g/mol. The zero-order valence-corrected chi connectivity index (χ0v) is 15.1. The van der Waals surface area contributed by atoms with Gasteiger partial charge in [-0.05, 0) is 25.1 Å². The van der Waals surface area contributed by atoms with Crippen LogP contribution < -0.4 is 10.6 Å². The number of urea groups is 1. The Kier molecular flexibility index (Phi) is 6.71. The molecule has 130 valence electrons. The number of halogens is 1. The van der Waals surface area contributed by atoms with Gasteiger partial charge in [-0.3, -0.25) is 10.1 Å². The van der Waals surface area contributed by atoms with E-state index in [9.17, 15) is 14.4 Å². The monoisotopic (exact) mass is 404 g/mol. The number of nitrogens with one attached hydrogen (secondary N) is 2. The van der Waals surface area contributed by atoms with Crippen molar-refractivity contribution in [2.24, 2.45) is 0 Å². The van der Waals surface area contributed by atoms with Gasteiger partial charge in [0.1, 0.15) is 0 Å². The maximum atomic E-state index is 12.4. The molecule has 2 rings (SSSR count). The molecule has 0 spiro atoms. The van der Waals surface area contributed by atoms with Crippen LogP contribution in [0.3, 0.4) is 0 Å². The van der Waals surface area contributed by atoms with Crippen molar-refractivity contribution in [3.63, 3.8) is 0 Å². The van der Waals surface area contributed by atoms with Gasteiger partial charge in [0.25, 0.3) is 5.91 Å².